The summed E-state index contributed by atoms with van der Waals surface area (Å²) in [7, 11) is -3.26. The van der Waals surface area contributed by atoms with E-state index in [0.29, 0.717) is 17.0 Å². The van der Waals surface area contributed by atoms with E-state index in [4.69, 9.17) is 4.42 Å². The first-order valence-corrected chi connectivity index (χ1v) is 10.0. The Balaban J connectivity index is 1.71. The second-order valence-corrected chi connectivity index (χ2v) is 8.27. The van der Waals surface area contributed by atoms with Crippen LogP contribution in [-0.4, -0.2) is 19.2 Å². The van der Waals surface area contributed by atoms with E-state index in [0.717, 1.165) is 16.7 Å². The van der Waals surface area contributed by atoms with Gasteiger partial charge in [0, 0.05) is 5.56 Å². The van der Waals surface area contributed by atoms with Crippen LogP contribution in [0.1, 0.15) is 6.92 Å². The lowest BCUT2D eigenvalue weighted by Gasteiger charge is -2.02. The first-order chi connectivity index (χ1) is 12.6. The van der Waals surface area contributed by atoms with E-state index in [1.54, 1.807) is 25.1 Å². The minimum atomic E-state index is -3.26. The van der Waals surface area contributed by atoms with E-state index in [1.165, 1.54) is 0 Å². The fourth-order valence-corrected chi connectivity index (χ4v) is 3.73. The zero-order valence-corrected chi connectivity index (χ0v) is 15.0. The number of rotatable bonds is 4. The molecular weight excluding hydrogens is 346 g/mol. The van der Waals surface area contributed by atoms with Gasteiger partial charge in [-0.15, -0.1) is 0 Å². The van der Waals surface area contributed by atoms with Crippen LogP contribution in [0.4, 0.5) is 0 Å². The minimum Gasteiger partial charge on any atom is -0.436 e. The van der Waals surface area contributed by atoms with E-state index in [1.807, 2.05) is 42.5 Å². The summed E-state index contributed by atoms with van der Waals surface area (Å²) in [4.78, 5) is 4.73. The van der Waals surface area contributed by atoms with Gasteiger partial charge in [-0.25, -0.2) is 13.4 Å². The van der Waals surface area contributed by atoms with Crippen LogP contribution in [0.25, 0.3) is 33.7 Å². The molecular formula is C21H17NO3S. The highest BCUT2D eigenvalue weighted by molar-refractivity contribution is 7.91. The molecule has 4 nitrogen and oxygen atoms in total. The molecule has 0 bridgehead atoms. The fraction of sp³-hybridized carbons (Fsp3) is 0.0952. The summed E-state index contributed by atoms with van der Waals surface area (Å²) in [6, 6.07) is 22.9. The molecule has 0 aliphatic carbocycles. The number of sulfone groups is 1. The number of fused-ring (bicyclic) bond motifs is 1. The highest BCUT2D eigenvalue weighted by Crippen LogP contribution is 2.28. The zero-order valence-electron chi connectivity index (χ0n) is 14.2. The molecule has 0 atom stereocenters. The summed E-state index contributed by atoms with van der Waals surface area (Å²) in [5.74, 6) is 0.537. The van der Waals surface area contributed by atoms with Crippen LogP contribution in [0.15, 0.2) is 82.1 Å². The van der Waals surface area contributed by atoms with E-state index >= 15 is 0 Å². The zero-order chi connectivity index (χ0) is 18.1. The smallest absolute Gasteiger partial charge is 0.227 e. The Hall–Kier alpha value is -2.92. The number of benzene rings is 3. The third-order valence-corrected chi connectivity index (χ3v) is 6.07. The lowest BCUT2D eigenvalue weighted by molar-refractivity contribution is 0.597. The van der Waals surface area contributed by atoms with Crippen molar-refractivity contribution in [3.05, 3.63) is 72.8 Å². The molecule has 0 saturated heterocycles. The van der Waals surface area contributed by atoms with Crippen LogP contribution in [0.2, 0.25) is 0 Å². The van der Waals surface area contributed by atoms with Crippen LogP contribution < -0.4 is 0 Å². The van der Waals surface area contributed by atoms with Gasteiger partial charge >= 0.3 is 0 Å². The topological polar surface area (TPSA) is 60.2 Å². The van der Waals surface area contributed by atoms with Crippen molar-refractivity contribution in [2.75, 3.05) is 5.75 Å². The van der Waals surface area contributed by atoms with Gasteiger partial charge in [0.25, 0.3) is 0 Å². The first kappa shape index (κ1) is 16.5. The summed E-state index contributed by atoms with van der Waals surface area (Å²) >= 11 is 0. The number of hydrogen-bond acceptors (Lipinski definition) is 4. The molecule has 1 heterocycles. The van der Waals surface area contributed by atoms with Crippen molar-refractivity contribution in [2.24, 2.45) is 0 Å². The Morgan fingerprint density at radius 2 is 1.50 bits per heavy atom. The van der Waals surface area contributed by atoms with Crippen LogP contribution in [0.3, 0.4) is 0 Å². The van der Waals surface area contributed by atoms with Gasteiger partial charge in [-0.2, -0.15) is 0 Å². The van der Waals surface area contributed by atoms with Crippen molar-refractivity contribution in [3.8, 4) is 22.6 Å². The number of nitrogens with zero attached hydrogens (tertiary/aromatic N) is 1. The average Bonchev–Trinajstić information content (AvgIpc) is 3.12. The van der Waals surface area contributed by atoms with E-state index < -0.39 is 9.84 Å². The van der Waals surface area contributed by atoms with Crippen molar-refractivity contribution in [1.82, 2.24) is 4.98 Å². The molecule has 0 spiro atoms. The SMILES string of the molecule is CCS(=O)(=O)c1ccc2oc(-c3ccc(-c4ccccc4)cc3)nc2c1. The summed E-state index contributed by atoms with van der Waals surface area (Å²) in [5, 5.41) is 0. The number of hydrogen-bond donors (Lipinski definition) is 0. The molecule has 0 aliphatic heterocycles. The fourth-order valence-electron chi connectivity index (χ4n) is 2.83. The third-order valence-electron chi connectivity index (χ3n) is 4.34. The first-order valence-electron chi connectivity index (χ1n) is 8.36. The molecule has 1 aromatic heterocycles. The maximum absolute atomic E-state index is 12.0. The van der Waals surface area contributed by atoms with Gasteiger partial charge < -0.3 is 4.42 Å². The second-order valence-electron chi connectivity index (χ2n) is 6.00. The van der Waals surface area contributed by atoms with Gasteiger partial charge in [0.05, 0.1) is 10.6 Å². The van der Waals surface area contributed by atoms with Gasteiger partial charge in [-0.1, -0.05) is 49.4 Å². The maximum Gasteiger partial charge on any atom is 0.227 e. The lowest BCUT2D eigenvalue weighted by atomic mass is 10.0. The standard InChI is InChI=1S/C21H17NO3S/c1-2-26(23,24)18-12-13-20-19(14-18)22-21(25-20)17-10-8-16(9-11-17)15-6-4-3-5-7-15/h3-14H,2H2,1H3. The Bertz CT molecular complexity index is 1160. The highest BCUT2D eigenvalue weighted by atomic mass is 32.2. The van der Waals surface area contributed by atoms with E-state index in [2.05, 4.69) is 17.1 Å². The summed E-state index contributed by atoms with van der Waals surface area (Å²) < 4.78 is 29.9. The molecule has 5 heteroatoms. The third kappa shape index (κ3) is 3.02. The lowest BCUT2D eigenvalue weighted by Crippen LogP contribution is -2.03. The van der Waals surface area contributed by atoms with Gasteiger partial charge in [0.2, 0.25) is 5.89 Å². The van der Waals surface area contributed by atoms with Gasteiger partial charge in [-0.3, -0.25) is 0 Å². The second kappa shape index (κ2) is 6.42. The van der Waals surface area contributed by atoms with Crippen molar-refractivity contribution in [2.45, 2.75) is 11.8 Å². The van der Waals surface area contributed by atoms with Crippen molar-refractivity contribution in [1.29, 1.82) is 0 Å². The molecule has 0 saturated carbocycles. The van der Waals surface area contributed by atoms with Gasteiger partial charge in [0.15, 0.2) is 15.4 Å². The normalized spacial score (nSPS) is 11.7. The van der Waals surface area contributed by atoms with Gasteiger partial charge in [0.1, 0.15) is 5.52 Å². The predicted molar refractivity (Wildman–Crippen MR) is 103 cm³/mol. The largest absolute Gasteiger partial charge is 0.436 e. The quantitative estimate of drug-likeness (QED) is 0.514. The molecule has 0 amide bonds. The summed E-state index contributed by atoms with van der Waals surface area (Å²) in [5.41, 5.74) is 4.22. The Morgan fingerprint density at radius 3 is 2.19 bits per heavy atom. The summed E-state index contributed by atoms with van der Waals surface area (Å²) in [6.45, 7) is 1.63. The molecule has 0 unspecified atom stereocenters. The highest BCUT2D eigenvalue weighted by Gasteiger charge is 2.15. The van der Waals surface area contributed by atoms with Crippen LogP contribution in [0, 0.1) is 0 Å². The molecule has 3 aromatic carbocycles. The van der Waals surface area contributed by atoms with E-state index in [9.17, 15) is 8.42 Å². The van der Waals surface area contributed by atoms with Crippen molar-refractivity contribution < 1.29 is 12.8 Å². The predicted octanol–water partition coefficient (Wildman–Crippen LogP) is 4.96. The molecule has 130 valence electrons. The van der Waals surface area contributed by atoms with Crippen LogP contribution >= 0.6 is 0 Å². The number of oxazole rings is 1. The minimum absolute atomic E-state index is 0.0597. The molecule has 0 radical (unpaired) electrons. The Labute approximate surface area is 152 Å². The Morgan fingerprint density at radius 1 is 0.846 bits per heavy atom. The van der Waals surface area contributed by atoms with Crippen molar-refractivity contribution in [3.63, 3.8) is 0 Å². The number of aromatic nitrogens is 1. The Kier molecular flexibility index (Phi) is 4.09. The monoisotopic (exact) mass is 363 g/mol. The molecule has 0 fully saturated rings. The van der Waals surface area contributed by atoms with E-state index in [-0.39, 0.29) is 10.6 Å². The molecule has 0 N–H and O–H groups in total. The molecule has 26 heavy (non-hydrogen) atoms. The van der Waals surface area contributed by atoms with Crippen LogP contribution in [-0.2, 0) is 9.84 Å². The van der Waals surface area contributed by atoms with Crippen molar-refractivity contribution >= 4 is 20.9 Å². The van der Waals surface area contributed by atoms with Crippen LogP contribution in [0.5, 0.6) is 0 Å². The molecule has 4 aromatic rings. The molecule has 0 aliphatic rings. The summed E-state index contributed by atoms with van der Waals surface area (Å²) in [6.07, 6.45) is 0. The average molecular weight is 363 g/mol. The van der Waals surface area contributed by atoms with Gasteiger partial charge in [-0.05, 0) is 41.5 Å². The maximum atomic E-state index is 12.0. The molecule has 4 rings (SSSR count).